The summed E-state index contributed by atoms with van der Waals surface area (Å²) < 4.78 is 5.58. The molecule has 0 heterocycles. The molecule has 1 saturated carbocycles. The third-order valence-electron chi connectivity index (χ3n) is 5.57. The van der Waals surface area contributed by atoms with E-state index >= 15 is 0 Å². The third-order valence-corrected chi connectivity index (χ3v) is 5.57. The van der Waals surface area contributed by atoms with Crippen molar-refractivity contribution in [2.75, 3.05) is 6.61 Å². The Hall–Kier alpha value is -2.62. The highest BCUT2D eigenvalue weighted by Crippen LogP contribution is 2.30. The summed E-state index contributed by atoms with van der Waals surface area (Å²) >= 11 is 0. The lowest BCUT2D eigenvalue weighted by Crippen LogP contribution is -2.12. The zero-order chi connectivity index (χ0) is 21.7. The summed E-state index contributed by atoms with van der Waals surface area (Å²) in [6, 6.07) is 14.2. The number of benzene rings is 2. The predicted molar refractivity (Wildman–Crippen MR) is 121 cm³/mol. The second-order valence-electron chi connectivity index (χ2n) is 8.77. The van der Waals surface area contributed by atoms with Gasteiger partial charge in [0.2, 0.25) is 0 Å². The Morgan fingerprint density at radius 2 is 1.73 bits per heavy atom. The van der Waals surface area contributed by atoms with E-state index in [4.69, 9.17) is 9.57 Å². The zero-order valence-electron chi connectivity index (χ0n) is 18.8. The molecule has 0 aromatic heterocycles. The molecule has 0 bridgehead atoms. The van der Waals surface area contributed by atoms with Crippen LogP contribution in [-0.4, -0.2) is 18.1 Å². The minimum absolute atomic E-state index is 0.161. The summed E-state index contributed by atoms with van der Waals surface area (Å²) in [6.45, 7) is 11.4. The van der Waals surface area contributed by atoms with Crippen LogP contribution >= 0.6 is 0 Å². The average Bonchev–Trinajstić information content (AvgIpc) is 3.57. The van der Waals surface area contributed by atoms with Crippen LogP contribution in [0.25, 0.3) is 0 Å². The number of ketones is 1. The van der Waals surface area contributed by atoms with E-state index in [1.165, 1.54) is 16.7 Å². The highest BCUT2D eigenvalue weighted by atomic mass is 16.6. The van der Waals surface area contributed by atoms with Gasteiger partial charge in [-0.25, -0.2) is 0 Å². The Morgan fingerprint density at radius 3 is 2.33 bits per heavy atom. The van der Waals surface area contributed by atoms with Gasteiger partial charge in [0.05, 0.1) is 5.71 Å². The van der Waals surface area contributed by atoms with Crippen molar-refractivity contribution < 1.29 is 14.4 Å². The number of carbonyl (C=O) groups excluding carboxylic acids is 1. The first-order valence-electron chi connectivity index (χ1n) is 10.9. The molecule has 1 aliphatic rings. The van der Waals surface area contributed by atoms with Crippen LogP contribution in [0.15, 0.2) is 47.6 Å². The van der Waals surface area contributed by atoms with Crippen molar-refractivity contribution in [1.82, 2.24) is 0 Å². The Kier molecular flexibility index (Phi) is 7.30. The molecular weight excluding hydrogens is 374 g/mol. The van der Waals surface area contributed by atoms with Crippen molar-refractivity contribution in [2.45, 2.75) is 65.9 Å². The molecule has 0 aliphatic heterocycles. The van der Waals surface area contributed by atoms with Gasteiger partial charge in [0, 0.05) is 5.92 Å². The van der Waals surface area contributed by atoms with Gasteiger partial charge in [0.15, 0.2) is 5.78 Å². The van der Waals surface area contributed by atoms with Crippen LogP contribution in [0.3, 0.4) is 0 Å². The van der Waals surface area contributed by atoms with Crippen molar-refractivity contribution in [3.8, 4) is 5.75 Å². The number of carbonyl (C=O) groups is 1. The van der Waals surface area contributed by atoms with Gasteiger partial charge in [0.1, 0.15) is 19.0 Å². The number of ether oxygens (including phenoxy) is 1. The van der Waals surface area contributed by atoms with E-state index in [1.807, 2.05) is 31.2 Å². The SMILES string of the molecule is CC(=NOCc1ccc(C(C)C)cc1C(C)C)c1ccc(OCC(=O)C2CC2)cc1. The van der Waals surface area contributed by atoms with E-state index in [1.54, 1.807) is 0 Å². The van der Waals surface area contributed by atoms with E-state index in [9.17, 15) is 4.79 Å². The van der Waals surface area contributed by atoms with Crippen LogP contribution in [0.5, 0.6) is 5.75 Å². The van der Waals surface area contributed by atoms with Crippen LogP contribution in [0.1, 0.15) is 81.5 Å². The van der Waals surface area contributed by atoms with Crippen molar-refractivity contribution >= 4 is 11.5 Å². The summed E-state index contributed by atoms with van der Waals surface area (Å²) in [7, 11) is 0. The van der Waals surface area contributed by atoms with E-state index in [0.29, 0.717) is 24.2 Å². The largest absolute Gasteiger partial charge is 0.486 e. The average molecular weight is 408 g/mol. The van der Waals surface area contributed by atoms with Gasteiger partial charge < -0.3 is 9.57 Å². The summed E-state index contributed by atoms with van der Waals surface area (Å²) in [4.78, 5) is 17.4. The van der Waals surface area contributed by atoms with Gasteiger partial charge in [-0.2, -0.15) is 0 Å². The molecule has 4 heteroatoms. The standard InChI is InChI=1S/C26H33NO3/c1-17(2)22-8-9-23(25(14-22)18(3)4)15-30-27-19(5)20-10-12-24(13-11-20)29-16-26(28)21-6-7-21/h8-14,17-18,21H,6-7,15-16H2,1-5H3. The van der Waals surface area contributed by atoms with Gasteiger partial charge in [-0.15, -0.1) is 0 Å². The lowest BCUT2D eigenvalue weighted by molar-refractivity contribution is -0.122. The molecule has 0 spiro atoms. The third kappa shape index (κ3) is 5.94. The van der Waals surface area contributed by atoms with Crippen LogP contribution in [-0.2, 0) is 16.2 Å². The Labute approximate surface area is 180 Å². The molecular formula is C26H33NO3. The fourth-order valence-corrected chi connectivity index (χ4v) is 3.36. The lowest BCUT2D eigenvalue weighted by Gasteiger charge is -2.16. The molecule has 1 aliphatic carbocycles. The van der Waals surface area contributed by atoms with Crippen molar-refractivity contribution in [2.24, 2.45) is 11.1 Å². The molecule has 160 valence electrons. The number of Topliss-reactive ketones (excluding diaryl/α,β-unsaturated/α-hetero) is 1. The molecule has 3 rings (SSSR count). The Morgan fingerprint density at radius 1 is 1.03 bits per heavy atom. The van der Waals surface area contributed by atoms with Gasteiger partial charge in [-0.3, -0.25) is 4.79 Å². The molecule has 2 aromatic rings. The minimum atomic E-state index is 0.161. The lowest BCUT2D eigenvalue weighted by atomic mass is 9.92. The van der Waals surface area contributed by atoms with Crippen LogP contribution in [0.2, 0.25) is 0 Å². The second-order valence-corrected chi connectivity index (χ2v) is 8.77. The molecule has 1 fully saturated rings. The molecule has 0 unspecified atom stereocenters. The summed E-state index contributed by atoms with van der Waals surface area (Å²) in [5.41, 5.74) is 5.62. The van der Waals surface area contributed by atoms with E-state index in [2.05, 4.69) is 51.0 Å². The second kappa shape index (κ2) is 9.92. The Bertz CT molecular complexity index is 893. The molecule has 0 amide bonds. The van der Waals surface area contributed by atoms with Gasteiger partial charge in [-0.1, -0.05) is 51.0 Å². The molecule has 0 saturated heterocycles. The van der Waals surface area contributed by atoms with Crippen molar-refractivity contribution in [1.29, 1.82) is 0 Å². The molecule has 30 heavy (non-hydrogen) atoms. The molecule has 2 aromatic carbocycles. The number of oxime groups is 1. The van der Waals surface area contributed by atoms with E-state index < -0.39 is 0 Å². The van der Waals surface area contributed by atoms with Crippen LogP contribution in [0.4, 0.5) is 0 Å². The zero-order valence-corrected chi connectivity index (χ0v) is 18.8. The van der Waals surface area contributed by atoms with Crippen LogP contribution < -0.4 is 4.74 Å². The number of hydrogen-bond acceptors (Lipinski definition) is 4. The number of rotatable bonds is 10. The Balaban J connectivity index is 1.57. The maximum atomic E-state index is 11.7. The minimum Gasteiger partial charge on any atom is -0.486 e. The maximum Gasteiger partial charge on any atom is 0.173 e. The van der Waals surface area contributed by atoms with Gasteiger partial charge in [-0.05, 0) is 78.1 Å². The van der Waals surface area contributed by atoms with E-state index in [-0.39, 0.29) is 18.3 Å². The number of nitrogens with zero attached hydrogens (tertiary/aromatic N) is 1. The smallest absolute Gasteiger partial charge is 0.173 e. The monoisotopic (exact) mass is 407 g/mol. The summed E-state index contributed by atoms with van der Waals surface area (Å²) in [5, 5.41) is 4.30. The topological polar surface area (TPSA) is 47.9 Å². The normalized spacial score (nSPS) is 14.3. The van der Waals surface area contributed by atoms with E-state index in [0.717, 1.165) is 24.1 Å². The molecule has 0 radical (unpaired) electrons. The predicted octanol–water partition coefficient (Wildman–Crippen LogP) is 6.23. The maximum absolute atomic E-state index is 11.7. The van der Waals surface area contributed by atoms with Gasteiger partial charge >= 0.3 is 0 Å². The highest BCUT2D eigenvalue weighted by molar-refractivity contribution is 5.98. The first kappa shape index (κ1) is 22.1. The summed E-state index contributed by atoms with van der Waals surface area (Å²) in [6.07, 6.45) is 2.02. The molecule has 4 nitrogen and oxygen atoms in total. The first-order chi connectivity index (χ1) is 14.3. The molecule has 0 atom stereocenters. The fourth-order valence-electron chi connectivity index (χ4n) is 3.36. The fraction of sp³-hybridized carbons (Fsp3) is 0.462. The van der Waals surface area contributed by atoms with Gasteiger partial charge in [0.25, 0.3) is 0 Å². The van der Waals surface area contributed by atoms with Crippen molar-refractivity contribution in [3.05, 3.63) is 64.7 Å². The number of hydrogen-bond donors (Lipinski definition) is 0. The van der Waals surface area contributed by atoms with Crippen molar-refractivity contribution in [3.63, 3.8) is 0 Å². The van der Waals surface area contributed by atoms with Crippen LogP contribution in [0, 0.1) is 5.92 Å². The summed E-state index contributed by atoms with van der Waals surface area (Å²) in [5.74, 6) is 2.08. The quantitative estimate of drug-likeness (QED) is 0.346. The first-order valence-corrected chi connectivity index (χ1v) is 10.9. The highest BCUT2D eigenvalue weighted by Gasteiger charge is 2.29. The molecule has 0 N–H and O–H groups in total.